The number of phenolic OH excluding ortho intramolecular Hbond substituents is 1. The zero-order chi connectivity index (χ0) is 37.2. The van der Waals surface area contributed by atoms with Crippen LogP contribution in [0, 0.1) is 12.8 Å². The number of benzene rings is 2. The third-order valence-electron chi connectivity index (χ3n) is 10.3. The molecule has 3 heterocycles. The molecule has 3 amide bonds. The highest BCUT2D eigenvalue weighted by Gasteiger charge is 2.41. The molecule has 3 aliphatic heterocycles. The number of aromatic hydroxyl groups is 1. The average molecular weight is 746 g/mol. The number of likely N-dealkylation sites (tertiary alicyclic amines) is 1. The summed E-state index contributed by atoms with van der Waals surface area (Å²) in [7, 11) is -2.69. The lowest BCUT2D eigenvalue weighted by molar-refractivity contribution is -0.133. The fraction of sp³-hybridized carbons (Fsp3) is 0.595. The Morgan fingerprint density at radius 1 is 1.04 bits per heavy atom. The van der Waals surface area contributed by atoms with E-state index in [-0.39, 0.29) is 52.1 Å². The number of ether oxygens (including phenoxy) is 1. The molecule has 0 radical (unpaired) electrons. The van der Waals surface area contributed by atoms with E-state index in [0.29, 0.717) is 50.3 Å². The molecule has 0 aromatic heterocycles. The van der Waals surface area contributed by atoms with Gasteiger partial charge in [0.25, 0.3) is 5.91 Å². The highest BCUT2D eigenvalue weighted by Crippen LogP contribution is 2.38. The number of nitrogens with one attached hydrogen (secondary N) is 2. The summed E-state index contributed by atoms with van der Waals surface area (Å²) in [5.74, 6) is -1.14. The molecule has 2 unspecified atom stereocenters. The van der Waals surface area contributed by atoms with Crippen molar-refractivity contribution in [3.8, 4) is 11.5 Å². The second kappa shape index (κ2) is 15.7. The Balaban J connectivity index is 1.23. The molecule has 3 fully saturated rings. The van der Waals surface area contributed by atoms with Gasteiger partial charge in [-0.05, 0) is 96.4 Å². The predicted molar refractivity (Wildman–Crippen MR) is 197 cm³/mol. The molecule has 2 bridgehead atoms. The number of carbonyl (C=O) groups is 3. The summed E-state index contributed by atoms with van der Waals surface area (Å²) in [6.07, 6.45) is 5.45. The van der Waals surface area contributed by atoms with Crippen LogP contribution in [0.5, 0.6) is 11.5 Å². The number of fused-ring (bicyclic) bond motifs is 2. The van der Waals surface area contributed by atoms with Gasteiger partial charge in [0.05, 0.1) is 17.6 Å². The third-order valence-corrected chi connectivity index (χ3v) is 12.4. The molecule has 51 heavy (non-hydrogen) atoms. The number of halogens is 1. The van der Waals surface area contributed by atoms with Gasteiger partial charge in [-0.3, -0.25) is 19.3 Å². The SMILES string of the molecule is COc1cc(S(=O)(=O)NC(C)(C)C)cc(C(=O)NC2CC3CCC(C2)N3CCCN(C(=O)C2CCN(C(C)=O)CC2)c2ccc(C)c(Cl)c2)c1O. The van der Waals surface area contributed by atoms with E-state index in [1.807, 2.05) is 30.0 Å². The second-order valence-corrected chi connectivity index (χ2v) is 17.3. The second-order valence-electron chi connectivity index (χ2n) is 15.2. The summed E-state index contributed by atoms with van der Waals surface area (Å²) >= 11 is 6.50. The molecule has 3 aliphatic rings. The lowest BCUT2D eigenvalue weighted by atomic mass is 9.94. The lowest BCUT2D eigenvalue weighted by Gasteiger charge is -2.40. The Labute approximate surface area is 306 Å². The topological polar surface area (TPSA) is 149 Å². The summed E-state index contributed by atoms with van der Waals surface area (Å²) < 4.78 is 34.0. The zero-order valence-electron chi connectivity index (χ0n) is 30.5. The molecule has 12 nitrogen and oxygen atoms in total. The molecule has 14 heteroatoms. The standard InChI is InChI=1S/C37H52ClN5O7S/c1-23-8-9-29(20-32(23)38)43(36(47)25-12-16-41(17-13-25)24(2)44)15-7-14-42-27-10-11-28(42)19-26(18-27)39-35(46)31-21-30(22-33(50-6)34(31)45)51(48,49)40-37(3,4)5/h8-9,20-22,25-28,40,45H,7,10-19H2,1-6H3,(H,39,46). The number of anilines is 1. The maximum Gasteiger partial charge on any atom is 0.255 e. The minimum atomic E-state index is -4.00. The van der Waals surface area contributed by atoms with Gasteiger partial charge >= 0.3 is 0 Å². The van der Waals surface area contributed by atoms with Crippen molar-refractivity contribution in [2.24, 2.45) is 5.92 Å². The van der Waals surface area contributed by atoms with E-state index in [4.69, 9.17) is 16.3 Å². The molecule has 2 aromatic carbocycles. The van der Waals surface area contributed by atoms with Gasteiger partial charge in [-0.25, -0.2) is 13.1 Å². The van der Waals surface area contributed by atoms with Crippen molar-refractivity contribution >= 4 is 45.0 Å². The average Bonchev–Trinajstić information content (AvgIpc) is 3.29. The Bertz CT molecular complexity index is 1720. The van der Waals surface area contributed by atoms with Crippen LogP contribution >= 0.6 is 11.6 Å². The fourth-order valence-electron chi connectivity index (χ4n) is 7.74. The number of nitrogens with zero attached hydrogens (tertiary/aromatic N) is 3. The van der Waals surface area contributed by atoms with Gasteiger partial charge < -0.3 is 25.0 Å². The number of hydrogen-bond donors (Lipinski definition) is 3. The molecule has 5 rings (SSSR count). The van der Waals surface area contributed by atoms with Crippen LogP contribution in [0.25, 0.3) is 0 Å². The van der Waals surface area contributed by atoms with Gasteiger partial charge in [0.2, 0.25) is 21.8 Å². The summed E-state index contributed by atoms with van der Waals surface area (Å²) in [6.45, 7) is 11.1. The van der Waals surface area contributed by atoms with Crippen molar-refractivity contribution in [3.63, 3.8) is 0 Å². The Morgan fingerprint density at radius 3 is 2.25 bits per heavy atom. The van der Waals surface area contributed by atoms with Crippen LogP contribution in [0.3, 0.4) is 0 Å². The van der Waals surface area contributed by atoms with Gasteiger partial charge in [-0.2, -0.15) is 0 Å². The molecule has 2 aromatic rings. The Morgan fingerprint density at radius 2 is 1.69 bits per heavy atom. The Kier molecular flexibility index (Phi) is 11.9. The number of methoxy groups -OCH3 is 1. The van der Waals surface area contributed by atoms with E-state index in [0.717, 1.165) is 37.1 Å². The summed E-state index contributed by atoms with van der Waals surface area (Å²) in [6, 6.07) is 8.46. The van der Waals surface area contributed by atoms with E-state index in [9.17, 15) is 27.9 Å². The molecule has 0 spiro atoms. The smallest absolute Gasteiger partial charge is 0.255 e. The third kappa shape index (κ3) is 9.16. The largest absolute Gasteiger partial charge is 0.504 e. The van der Waals surface area contributed by atoms with Crippen molar-refractivity contribution in [3.05, 3.63) is 46.5 Å². The quantitative estimate of drug-likeness (QED) is 0.296. The summed E-state index contributed by atoms with van der Waals surface area (Å²) in [4.78, 5) is 45.3. The lowest BCUT2D eigenvalue weighted by Crippen LogP contribution is -2.51. The Hall–Kier alpha value is -3.39. The fourth-order valence-corrected chi connectivity index (χ4v) is 9.37. The van der Waals surface area contributed by atoms with Crippen LogP contribution in [0.15, 0.2) is 35.2 Å². The van der Waals surface area contributed by atoms with E-state index in [2.05, 4.69) is 14.9 Å². The van der Waals surface area contributed by atoms with Crippen LogP contribution in [0.4, 0.5) is 5.69 Å². The number of carbonyl (C=O) groups excluding carboxylic acids is 3. The maximum absolute atomic E-state index is 13.9. The number of aryl methyl sites for hydroxylation is 1. The highest BCUT2D eigenvalue weighted by molar-refractivity contribution is 7.89. The predicted octanol–water partition coefficient (Wildman–Crippen LogP) is 4.85. The minimum absolute atomic E-state index is 0.0354. The first kappa shape index (κ1) is 38.8. The van der Waals surface area contributed by atoms with Crippen molar-refractivity contribution in [2.75, 3.05) is 38.2 Å². The molecule has 3 saturated heterocycles. The van der Waals surface area contributed by atoms with Crippen molar-refractivity contribution < 1.29 is 32.6 Å². The van der Waals surface area contributed by atoms with E-state index >= 15 is 0 Å². The molecule has 3 N–H and O–H groups in total. The van der Waals surface area contributed by atoms with Crippen LogP contribution in [0.2, 0.25) is 5.02 Å². The first-order valence-corrected chi connectivity index (χ1v) is 19.7. The summed E-state index contributed by atoms with van der Waals surface area (Å²) in [5, 5.41) is 14.5. The number of hydrogen-bond acceptors (Lipinski definition) is 8. The first-order chi connectivity index (χ1) is 24.0. The van der Waals surface area contributed by atoms with Crippen LogP contribution in [-0.4, -0.2) is 98.0 Å². The van der Waals surface area contributed by atoms with Crippen molar-refractivity contribution in [1.29, 1.82) is 0 Å². The number of amides is 3. The number of phenols is 1. The molecular formula is C37H52ClN5O7S. The molecule has 280 valence electrons. The number of piperidine rings is 2. The minimum Gasteiger partial charge on any atom is -0.504 e. The van der Waals surface area contributed by atoms with E-state index < -0.39 is 27.2 Å². The van der Waals surface area contributed by atoms with Gasteiger partial charge in [0, 0.05) is 79.5 Å². The molecular weight excluding hydrogens is 694 g/mol. The number of sulfonamides is 1. The van der Waals surface area contributed by atoms with Gasteiger partial charge in [0.15, 0.2) is 11.5 Å². The number of rotatable bonds is 11. The first-order valence-electron chi connectivity index (χ1n) is 17.8. The molecule has 0 aliphatic carbocycles. The van der Waals surface area contributed by atoms with Crippen molar-refractivity contribution in [1.82, 2.24) is 19.8 Å². The van der Waals surface area contributed by atoms with E-state index in [1.165, 1.54) is 19.2 Å². The van der Waals surface area contributed by atoms with Crippen LogP contribution in [0.1, 0.15) is 88.6 Å². The normalized spacial score (nSPS) is 21.4. The highest BCUT2D eigenvalue weighted by atomic mass is 35.5. The van der Waals surface area contributed by atoms with Gasteiger partial charge in [-0.1, -0.05) is 17.7 Å². The van der Waals surface area contributed by atoms with Gasteiger partial charge in [0.1, 0.15) is 0 Å². The van der Waals surface area contributed by atoms with Crippen LogP contribution in [-0.2, 0) is 19.6 Å². The molecule has 0 saturated carbocycles. The van der Waals surface area contributed by atoms with Crippen LogP contribution < -0.4 is 19.7 Å². The van der Waals surface area contributed by atoms with Gasteiger partial charge in [-0.15, -0.1) is 0 Å². The van der Waals surface area contributed by atoms with E-state index in [1.54, 1.807) is 32.6 Å². The monoisotopic (exact) mass is 745 g/mol. The van der Waals surface area contributed by atoms with Crippen molar-refractivity contribution in [2.45, 2.75) is 108 Å². The maximum atomic E-state index is 13.9. The zero-order valence-corrected chi connectivity index (χ0v) is 32.1. The molecule has 2 atom stereocenters. The summed E-state index contributed by atoms with van der Waals surface area (Å²) in [5.41, 5.74) is 0.807.